The molecule has 8 nitrogen and oxygen atoms in total. The van der Waals surface area contributed by atoms with Crippen LogP contribution in [0, 0.1) is 0 Å². The molecule has 0 unspecified atom stereocenters. The van der Waals surface area contributed by atoms with Gasteiger partial charge in [0.15, 0.2) is 5.65 Å². The van der Waals surface area contributed by atoms with E-state index in [-0.39, 0.29) is 5.69 Å². The van der Waals surface area contributed by atoms with Crippen LogP contribution >= 0.6 is 11.6 Å². The lowest BCUT2D eigenvalue weighted by Gasteiger charge is -2.11. The number of anilines is 3. The number of rotatable bonds is 5. The first-order valence-electron chi connectivity index (χ1n) is 9.22. The number of fused-ring (bicyclic) bond motifs is 1. The van der Waals surface area contributed by atoms with Crippen molar-refractivity contribution >= 4 is 47.2 Å². The van der Waals surface area contributed by atoms with Crippen LogP contribution < -0.4 is 27.0 Å². The summed E-state index contributed by atoms with van der Waals surface area (Å²) in [6.07, 6.45) is 5.79. The minimum absolute atomic E-state index is 0.301. The molecule has 1 fully saturated rings. The Balaban J connectivity index is 1.64. The van der Waals surface area contributed by atoms with Crippen molar-refractivity contribution in [3.63, 3.8) is 0 Å². The van der Waals surface area contributed by atoms with Gasteiger partial charge in [-0.2, -0.15) is 9.61 Å². The first-order chi connectivity index (χ1) is 14.0. The van der Waals surface area contributed by atoms with E-state index in [1.165, 1.54) is 0 Å². The van der Waals surface area contributed by atoms with E-state index in [2.05, 4.69) is 32.3 Å². The van der Waals surface area contributed by atoms with Gasteiger partial charge >= 0.3 is 5.69 Å². The van der Waals surface area contributed by atoms with Crippen molar-refractivity contribution in [3.05, 3.63) is 68.3 Å². The van der Waals surface area contributed by atoms with Crippen LogP contribution in [-0.4, -0.2) is 30.6 Å². The van der Waals surface area contributed by atoms with Gasteiger partial charge in [0.2, 0.25) is 0 Å². The van der Waals surface area contributed by atoms with Crippen molar-refractivity contribution in [2.75, 3.05) is 10.6 Å². The van der Waals surface area contributed by atoms with E-state index in [0.717, 1.165) is 29.9 Å². The van der Waals surface area contributed by atoms with E-state index in [1.54, 1.807) is 16.8 Å². The maximum Gasteiger partial charge on any atom is 0.323 e. The van der Waals surface area contributed by atoms with Gasteiger partial charge in [0.25, 0.3) is 0 Å². The van der Waals surface area contributed by atoms with Crippen LogP contribution in [0.15, 0.2) is 41.3 Å². The molecule has 0 atom stereocenters. The maximum atomic E-state index is 11.5. The number of imidazole rings is 1. The molecule has 0 saturated heterocycles. The van der Waals surface area contributed by atoms with Crippen LogP contribution in [0.5, 0.6) is 0 Å². The average Bonchev–Trinajstić information content (AvgIpc) is 3.31. The number of nitrogens with one attached hydrogen (secondary N) is 4. The Hall–Kier alpha value is -3.52. The number of benzene rings is 1. The molecule has 0 aliphatic heterocycles. The smallest absolute Gasteiger partial charge is 0.323 e. The molecule has 3 heterocycles. The summed E-state index contributed by atoms with van der Waals surface area (Å²) < 4.78 is 1.76. The van der Waals surface area contributed by atoms with Crippen LogP contribution in [0.3, 0.4) is 0 Å². The predicted octanol–water partition coefficient (Wildman–Crippen LogP) is 1.96. The normalized spacial score (nSPS) is 14.4. The topological polar surface area (TPSA) is 103 Å². The summed E-state index contributed by atoms with van der Waals surface area (Å²) in [7, 11) is 0. The second-order valence-electron chi connectivity index (χ2n) is 7.03. The van der Waals surface area contributed by atoms with E-state index < -0.39 is 0 Å². The molecule has 0 amide bonds. The molecule has 1 aliphatic rings. The highest BCUT2D eigenvalue weighted by atomic mass is 35.5. The van der Waals surface area contributed by atoms with Gasteiger partial charge in [0.1, 0.15) is 11.6 Å². The van der Waals surface area contributed by atoms with Gasteiger partial charge in [-0.05, 0) is 37.1 Å². The van der Waals surface area contributed by atoms with Gasteiger partial charge in [-0.25, -0.2) is 9.78 Å². The van der Waals surface area contributed by atoms with E-state index in [0.29, 0.717) is 33.2 Å². The number of aromatic amines is 2. The Morgan fingerprint density at radius 1 is 1.28 bits per heavy atom. The second-order valence-corrected chi connectivity index (χ2v) is 7.47. The predicted molar refractivity (Wildman–Crippen MR) is 114 cm³/mol. The van der Waals surface area contributed by atoms with Crippen LogP contribution in [0.2, 0.25) is 5.02 Å². The molecule has 1 aliphatic carbocycles. The summed E-state index contributed by atoms with van der Waals surface area (Å²) in [6, 6.07) is 9.83. The highest BCUT2D eigenvalue weighted by Crippen LogP contribution is 2.28. The fraction of sp³-hybridized carbons (Fsp3) is 0.150. The molecule has 29 heavy (non-hydrogen) atoms. The first kappa shape index (κ1) is 17.6. The Kier molecular flexibility index (Phi) is 4.13. The molecule has 4 N–H and O–H groups in total. The number of hydrogen-bond acceptors (Lipinski definition) is 5. The summed E-state index contributed by atoms with van der Waals surface area (Å²) in [6.45, 7) is 3.85. The zero-order valence-electron chi connectivity index (χ0n) is 15.4. The molecule has 0 radical (unpaired) electrons. The monoisotopic (exact) mass is 407 g/mol. The van der Waals surface area contributed by atoms with Crippen molar-refractivity contribution in [2.24, 2.45) is 0 Å². The molecule has 3 aromatic heterocycles. The van der Waals surface area contributed by atoms with Crippen molar-refractivity contribution < 1.29 is 0 Å². The van der Waals surface area contributed by atoms with E-state index >= 15 is 0 Å². The third kappa shape index (κ3) is 3.62. The third-order valence-corrected chi connectivity index (χ3v) is 4.90. The lowest BCUT2D eigenvalue weighted by molar-refractivity contribution is 0.926. The molecule has 1 aromatic carbocycles. The van der Waals surface area contributed by atoms with Crippen LogP contribution in [0.4, 0.5) is 17.3 Å². The minimum atomic E-state index is -0.301. The third-order valence-electron chi connectivity index (χ3n) is 4.66. The lowest BCUT2D eigenvalue weighted by atomic mass is 10.3. The second kappa shape index (κ2) is 6.82. The Bertz CT molecular complexity index is 1380. The van der Waals surface area contributed by atoms with Gasteiger partial charge in [-0.1, -0.05) is 24.2 Å². The molecule has 1 saturated carbocycles. The molecule has 0 spiro atoms. The summed E-state index contributed by atoms with van der Waals surface area (Å²) in [5.41, 5.74) is 1.96. The number of H-pyrrole nitrogens is 2. The summed E-state index contributed by atoms with van der Waals surface area (Å²) in [5, 5.41) is 13.0. The van der Waals surface area contributed by atoms with Crippen molar-refractivity contribution in [1.82, 2.24) is 24.6 Å². The molecule has 9 heteroatoms. The molecule has 0 bridgehead atoms. The number of aromatic nitrogens is 5. The molecule has 5 rings (SSSR count). The molecule has 4 aromatic rings. The highest BCUT2D eigenvalue weighted by Gasteiger charge is 2.23. The molecular formula is C20H18ClN7O. The summed E-state index contributed by atoms with van der Waals surface area (Å²) >= 11 is 6.10. The Morgan fingerprint density at radius 3 is 2.86 bits per heavy atom. The first-order valence-corrected chi connectivity index (χ1v) is 9.60. The Morgan fingerprint density at radius 2 is 2.14 bits per heavy atom. The van der Waals surface area contributed by atoms with Crippen LogP contribution in [0.1, 0.15) is 18.4 Å². The maximum absolute atomic E-state index is 11.5. The summed E-state index contributed by atoms with van der Waals surface area (Å²) in [5.74, 6) is 1.51. The standard InChI is InChI=1S/C20H18ClN7O/c1-11-16(26-20(29)23-11)7-12-10-22-28-18(25-14-5-6-14)9-17(27-19(12)28)24-15-4-2-3-13(21)8-15/h2-4,7-10,14,25H,1,5-6H2,(H,24,27)(H2,23,26,29)/b16-7-. The quantitative estimate of drug-likeness (QED) is 0.405. The van der Waals surface area contributed by atoms with E-state index in [9.17, 15) is 4.79 Å². The van der Waals surface area contributed by atoms with Crippen LogP contribution in [-0.2, 0) is 0 Å². The van der Waals surface area contributed by atoms with Gasteiger partial charge in [0.05, 0.1) is 16.9 Å². The molecule has 146 valence electrons. The SMILES string of the molecule is C=c1[nH]c(=O)[nH]/c1=C\c1cnn2c(NC3CC3)cc(Nc3cccc(Cl)c3)nc12. The number of hydrogen-bond donors (Lipinski definition) is 4. The van der Waals surface area contributed by atoms with E-state index in [1.807, 2.05) is 30.3 Å². The Labute approximate surface area is 170 Å². The fourth-order valence-electron chi connectivity index (χ4n) is 3.11. The number of halogens is 1. The number of nitrogens with zero attached hydrogens (tertiary/aromatic N) is 3. The largest absolute Gasteiger partial charge is 0.367 e. The van der Waals surface area contributed by atoms with E-state index in [4.69, 9.17) is 16.6 Å². The summed E-state index contributed by atoms with van der Waals surface area (Å²) in [4.78, 5) is 21.6. The zero-order valence-corrected chi connectivity index (χ0v) is 16.1. The van der Waals surface area contributed by atoms with Crippen molar-refractivity contribution in [1.29, 1.82) is 0 Å². The fourth-order valence-corrected chi connectivity index (χ4v) is 3.30. The van der Waals surface area contributed by atoms with Crippen molar-refractivity contribution in [3.8, 4) is 0 Å². The molecular weight excluding hydrogens is 390 g/mol. The zero-order chi connectivity index (χ0) is 20.0. The average molecular weight is 408 g/mol. The van der Waals surface area contributed by atoms with Gasteiger partial charge in [-0.15, -0.1) is 0 Å². The van der Waals surface area contributed by atoms with Gasteiger partial charge in [0, 0.05) is 28.4 Å². The van der Waals surface area contributed by atoms with Gasteiger partial charge < -0.3 is 20.6 Å². The van der Waals surface area contributed by atoms with Crippen molar-refractivity contribution in [2.45, 2.75) is 18.9 Å². The van der Waals surface area contributed by atoms with Gasteiger partial charge in [-0.3, -0.25) is 0 Å². The minimum Gasteiger partial charge on any atom is -0.367 e. The van der Waals surface area contributed by atoms with Crippen LogP contribution in [0.25, 0.3) is 18.3 Å². The lowest BCUT2D eigenvalue weighted by Crippen LogP contribution is -2.22. The highest BCUT2D eigenvalue weighted by molar-refractivity contribution is 6.30.